The Morgan fingerprint density at radius 3 is 2.97 bits per heavy atom. The summed E-state index contributed by atoms with van der Waals surface area (Å²) >= 11 is 1.26. The van der Waals surface area contributed by atoms with Crippen molar-refractivity contribution in [2.45, 2.75) is 18.2 Å². The van der Waals surface area contributed by atoms with Crippen LogP contribution in [0.3, 0.4) is 0 Å². The van der Waals surface area contributed by atoms with Crippen molar-refractivity contribution in [1.29, 1.82) is 0 Å². The zero-order valence-electron chi connectivity index (χ0n) is 15.4. The van der Waals surface area contributed by atoms with Gasteiger partial charge in [-0.2, -0.15) is 0 Å². The zero-order chi connectivity index (χ0) is 20.2. The standard InChI is InChI=1S/C19H16N4O4S2/c1-2-17-21-13-10-12(4-6-15(13)27-17)20-18(24)11-3-5-14-16(9-11)28-19-22-29(25,26)8-7-23(14)19/h3-6,9-10H,2,7-8H2,1H3,(H,20,24). The smallest absolute Gasteiger partial charge is 0.257 e. The molecule has 3 heterocycles. The largest absolute Gasteiger partial charge is 0.441 e. The van der Waals surface area contributed by atoms with Crippen molar-refractivity contribution in [3.63, 3.8) is 0 Å². The van der Waals surface area contributed by atoms with E-state index in [2.05, 4.69) is 14.7 Å². The molecule has 0 unspecified atom stereocenters. The number of amides is 1. The minimum absolute atomic E-state index is 0.0109. The summed E-state index contributed by atoms with van der Waals surface area (Å²) in [7, 11) is -3.41. The Morgan fingerprint density at radius 1 is 1.28 bits per heavy atom. The fourth-order valence-electron chi connectivity index (χ4n) is 3.28. The molecule has 0 spiro atoms. The van der Waals surface area contributed by atoms with Crippen LogP contribution in [-0.4, -0.2) is 36.8 Å². The van der Waals surface area contributed by atoms with E-state index in [0.29, 0.717) is 46.4 Å². The number of nitrogens with zero attached hydrogens (tertiary/aromatic N) is 3. The lowest BCUT2D eigenvalue weighted by molar-refractivity contribution is 0.102. The van der Waals surface area contributed by atoms with E-state index in [-0.39, 0.29) is 11.7 Å². The third-order valence-corrected chi connectivity index (χ3v) is 7.03. The van der Waals surface area contributed by atoms with Gasteiger partial charge in [0.1, 0.15) is 5.52 Å². The molecule has 2 aromatic carbocycles. The van der Waals surface area contributed by atoms with Crippen LogP contribution < -0.4 is 10.2 Å². The van der Waals surface area contributed by atoms with E-state index < -0.39 is 10.0 Å². The normalized spacial score (nSPS) is 17.0. The molecule has 1 amide bonds. The highest BCUT2D eigenvalue weighted by atomic mass is 32.2. The van der Waals surface area contributed by atoms with Gasteiger partial charge in [0.15, 0.2) is 16.6 Å². The maximum atomic E-state index is 12.7. The van der Waals surface area contributed by atoms with Crippen LogP contribution in [0.4, 0.5) is 11.4 Å². The van der Waals surface area contributed by atoms with Crippen molar-refractivity contribution >= 4 is 55.3 Å². The van der Waals surface area contributed by atoms with Crippen LogP contribution in [0.15, 0.2) is 50.1 Å². The lowest BCUT2D eigenvalue weighted by Crippen LogP contribution is -2.35. The van der Waals surface area contributed by atoms with Crippen LogP contribution in [0, 0.1) is 0 Å². The summed E-state index contributed by atoms with van der Waals surface area (Å²) in [6.07, 6.45) is 0.701. The number of oxazole rings is 1. The first-order valence-electron chi connectivity index (χ1n) is 9.05. The predicted molar refractivity (Wildman–Crippen MR) is 112 cm³/mol. The van der Waals surface area contributed by atoms with Gasteiger partial charge in [-0.25, -0.2) is 13.4 Å². The Balaban J connectivity index is 1.39. The Morgan fingerprint density at radius 2 is 2.14 bits per heavy atom. The maximum Gasteiger partial charge on any atom is 0.257 e. The van der Waals surface area contributed by atoms with Crippen molar-refractivity contribution in [2.75, 3.05) is 22.5 Å². The number of amidine groups is 1. The minimum Gasteiger partial charge on any atom is -0.441 e. The molecule has 8 nitrogen and oxygen atoms in total. The van der Waals surface area contributed by atoms with Crippen LogP contribution in [0.2, 0.25) is 0 Å². The number of fused-ring (bicyclic) bond motifs is 4. The molecule has 2 aliphatic heterocycles. The van der Waals surface area contributed by atoms with Crippen LogP contribution in [-0.2, 0) is 16.4 Å². The number of aromatic nitrogens is 1. The Bertz CT molecular complexity index is 1300. The Hall–Kier alpha value is -2.85. The monoisotopic (exact) mass is 428 g/mol. The van der Waals surface area contributed by atoms with Crippen molar-refractivity contribution < 1.29 is 17.6 Å². The lowest BCUT2D eigenvalue weighted by Gasteiger charge is -2.22. The second kappa shape index (κ2) is 6.60. The van der Waals surface area contributed by atoms with Gasteiger partial charge in [0.25, 0.3) is 15.9 Å². The number of nitrogens with one attached hydrogen (secondary N) is 1. The summed E-state index contributed by atoms with van der Waals surface area (Å²) in [5.74, 6) is 0.384. The number of carbonyl (C=O) groups is 1. The fourth-order valence-corrected chi connectivity index (χ4v) is 5.58. The van der Waals surface area contributed by atoms with Gasteiger partial charge in [0.2, 0.25) is 0 Å². The first-order chi connectivity index (χ1) is 13.9. The van der Waals surface area contributed by atoms with E-state index in [0.717, 1.165) is 10.6 Å². The molecule has 0 radical (unpaired) electrons. The predicted octanol–water partition coefficient (Wildman–Crippen LogP) is 3.25. The van der Waals surface area contributed by atoms with Crippen LogP contribution in [0.1, 0.15) is 23.2 Å². The molecule has 0 atom stereocenters. The number of aryl methyl sites for hydroxylation is 1. The van der Waals surface area contributed by atoms with Gasteiger partial charge in [0.05, 0.1) is 11.4 Å². The zero-order valence-corrected chi connectivity index (χ0v) is 17.0. The highest BCUT2D eigenvalue weighted by molar-refractivity contribution is 8.15. The number of sulfonamides is 1. The number of thioether (sulfide) groups is 1. The summed E-state index contributed by atoms with van der Waals surface area (Å²) in [5, 5.41) is 3.31. The van der Waals surface area contributed by atoms with Crippen molar-refractivity contribution in [2.24, 2.45) is 4.40 Å². The van der Waals surface area contributed by atoms with Gasteiger partial charge in [0, 0.05) is 29.1 Å². The van der Waals surface area contributed by atoms with Crippen LogP contribution >= 0.6 is 11.8 Å². The molecule has 2 aliphatic rings. The molecule has 0 saturated heterocycles. The van der Waals surface area contributed by atoms with Gasteiger partial charge in [-0.15, -0.1) is 4.40 Å². The van der Waals surface area contributed by atoms with Gasteiger partial charge < -0.3 is 14.6 Å². The van der Waals surface area contributed by atoms with Gasteiger partial charge in [-0.05, 0) is 48.2 Å². The van der Waals surface area contributed by atoms with E-state index in [1.807, 2.05) is 17.9 Å². The highest BCUT2D eigenvalue weighted by Crippen LogP contribution is 2.42. The van der Waals surface area contributed by atoms with E-state index in [9.17, 15) is 13.2 Å². The number of anilines is 2. The third-order valence-electron chi connectivity index (χ3n) is 4.73. The lowest BCUT2D eigenvalue weighted by atomic mass is 10.1. The molecule has 29 heavy (non-hydrogen) atoms. The summed E-state index contributed by atoms with van der Waals surface area (Å²) in [4.78, 5) is 19.8. The van der Waals surface area contributed by atoms with Crippen molar-refractivity contribution in [3.8, 4) is 0 Å². The molecular formula is C19H16N4O4S2. The molecule has 0 saturated carbocycles. The Kier molecular flexibility index (Phi) is 4.14. The van der Waals surface area contributed by atoms with Crippen LogP contribution in [0.25, 0.3) is 11.1 Å². The van der Waals surface area contributed by atoms with E-state index in [1.54, 1.807) is 30.3 Å². The molecule has 1 N–H and O–H groups in total. The summed E-state index contributed by atoms with van der Waals surface area (Å²) in [5.41, 5.74) is 3.35. The Labute approximate surface area is 171 Å². The average Bonchev–Trinajstić information content (AvgIpc) is 3.25. The maximum absolute atomic E-state index is 12.7. The van der Waals surface area contributed by atoms with E-state index in [1.165, 1.54) is 11.8 Å². The summed E-state index contributed by atoms with van der Waals surface area (Å²) in [6.45, 7) is 2.33. The minimum atomic E-state index is -3.41. The van der Waals surface area contributed by atoms with E-state index in [4.69, 9.17) is 4.42 Å². The van der Waals surface area contributed by atoms with Gasteiger partial charge in [-0.1, -0.05) is 6.92 Å². The van der Waals surface area contributed by atoms with Crippen molar-refractivity contribution in [3.05, 3.63) is 47.9 Å². The summed E-state index contributed by atoms with van der Waals surface area (Å²) in [6, 6.07) is 10.6. The number of hydrogen-bond donors (Lipinski definition) is 1. The SMILES string of the molecule is CCc1nc2cc(NC(=O)c3ccc4c(c3)SC3=NS(=O)(=O)CCN34)ccc2o1. The number of carbonyl (C=O) groups excluding carboxylic acids is 1. The molecule has 1 aromatic heterocycles. The molecule has 10 heteroatoms. The topological polar surface area (TPSA) is 105 Å². The molecule has 0 fully saturated rings. The second-order valence-corrected chi connectivity index (χ2v) is 9.46. The average molecular weight is 428 g/mol. The molecule has 3 aromatic rings. The number of benzene rings is 2. The van der Waals surface area contributed by atoms with Gasteiger partial charge >= 0.3 is 0 Å². The molecule has 0 bridgehead atoms. The quantitative estimate of drug-likeness (QED) is 0.683. The fraction of sp³-hybridized carbons (Fsp3) is 0.211. The second-order valence-electron chi connectivity index (χ2n) is 6.69. The first-order valence-corrected chi connectivity index (χ1v) is 11.5. The molecule has 0 aliphatic carbocycles. The third kappa shape index (κ3) is 3.28. The first kappa shape index (κ1) is 18.2. The number of hydrogen-bond acceptors (Lipinski definition) is 7. The molecule has 148 valence electrons. The van der Waals surface area contributed by atoms with Crippen LogP contribution in [0.5, 0.6) is 0 Å². The highest BCUT2D eigenvalue weighted by Gasteiger charge is 2.33. The molecule has 5 rings (SSSR count). The summed E-state index contributed by atoms with van der Waals surface area (Å²) < 4.78 is 32.9. The molecular weight excluding hydrogens is 412 g/mol. The van der Waals surface area contributed by atoms with E-state index >= 15 is 0 Å². The van der Waals surface area contributed by atoms with Gasteiger partial charge in [-0.3, -0.25) is 4.79 Å². The number of rotatable bonds is 3. The van der Waals surface area contributed by atoms with Crippen molar-refractivity contribution in [1.82, 2.24) is 4.98 Å².